The second-order valence-corrected chi connectivity index (χ2v) is 6.35. The molecule has 3 rings (SSSR count). The molecule has 2 aromatic carbocycles. The summed E-state index contributed by atoms with van der Waals surface area (Å²) in [6.45, 7) is 1.17. The van der Waals surface area contributed by atoms with Crippen molar-refractivity contribution in [1.82, 2.24) is 14.8 Å². The molecule has 0 aliphatic carbocycles. The average molecular weight is 389 g/mol. The molecule has 0 amide bonds. The molecule has 7 heteroatoms. The molecular formula is C19H18Cl2N4O. The van der Waals surface area contributed by atoms with Gasteiger partial charge in [0.05, 0.1) is 12.3 Å². The largest absolute Gasteiger partial charge is 0.494 e. The lowest BCUT2D eigenvalue weighted by Gasteiger charge is -2.14. The first-order valence-corrected chi connectivity index (χ1v) is 9.02. The molecule has 0 fully saturated rings. The number of benzene rings is 2. The van der Waals surface area contributed by atoms with Gasteiger partial charge in [-0.1, -0.05) is 53.5 Å². The lowest BCUT2D eigenvalue weighted by molar-refractivity contribution is 0.313. The Morgan fingerprint density at radius 1 is 1.12 bits per heavy atom. The lowest BCUT2D eigenvalue weighted by Crippen LogP contribution is -2.17. The van der Waals surface area contributed by atoms with Crippen LogP contribution in [0.25, 0.3) is 0 Å². The molecule has 26 heavy (non-hydrogen) atoms. The highest BCUT2D eigenvalue weighted by atomic mass is 35.5. The molecule has 0 spiro atoms. The summed E-state index contributed by atoms with van der Waals surface area (Å²) in [6.07, 6.45) is 3.79. The molecule has 1 unspecified atom stereocenters. The van der Waals surface area contributed by atoms with E-state index in [4.69, 9.17) is 27.9 Å². The third-order valence-electron chi connectivity index (χ3n) is 3.63. The third-order valence-corrected chi connectivity index (χ3v) is 4.29. The first-order chi connectivity index (χ1) is 12.7. The fraction of sp³-hybridized carbons (Fsp3) is 0.211. The molecule has 0 aliphatic heterocycles. The van der Waals surface area contributed by atoms with Crippen molar-refractivity contribution in [2.45, 2.75) is 11.9 Å². The number of ether oxygens (including phenoxy) is 1. The zero-order chi connectivity index (χ0) is 18.2. The third kappa shape index (κ3) is 5.07. The minimum absolute atomic E-state index is 0.547. The van der Waals surface area contributed by atoms with Gasteiger partial charge in [-0.25, -0.2) is 9.67 Å². The van der Waals surface area contributed by atoms with E-state index in [-0.39, 0.29) is 0 Å². The zero-order valence-electron chi connectivity index (χ0n) is 14.0. The Kier molecular flexibility index (Phi) is 6.63. The van der Waals surface area contributed by atoms with Crippen LogP contribution in [-0.2, 0) is 0 Å². The van der Waals surface area contributed by atoms with E-state index in [2.05, 4.69) is 15.1 Å². The van der Waals surface area contributed by atoms with Crippen molar-refractivity contribution in [1.29, 1.82) is 0 Å². The average Bonchev–Trinajstić information content (AvgIpc) is 3.21. The Morgan fingerprint density at radius 3 is 2.58 bits per heavy atom. The molecule has 0 aliphatic rings. The molecule has 0 radical (unpaired) electrons. The SMILES string of the molecule is Clc1ccc(C(=NCCCOc2ccccc2)C(Cl)n2cncn2)cc1. The van der Waals surface area contributed by atoms with Crippen LogP contribution in [-0.4, -0.2) is 33.6 Å². The normalized spacial score (nSPS) is 12.8. The number of hydrogen-bond acceptors (Lipinski definition) is 4. The highest BCUT2D eigenvalue weighted by molar-refractivity contribution is 6.33. The lowest BCUT2D eigenvalue weighted by atomic mass is 10.1. The van der Waals surface area contributed by atoms with E-state index < -0.39 is 5.50 Å². The Hall–Kier alpha value is -2.37. The van der Waals surface area contributed by atoms with Crippen LogP contribution in [0.3, 0.4) is 0 Å². The van der Waals surface area contributed by atoms with Crippen LogP contribution in [0.1, 0.15) is 17.5 Å². The monoisotopic (exact) mass is 388 g/mol. The van der Waals surface area contributed by atoms with Crippen LogP contribution in [0.2, 0.25) is 5.02 Å². The van der Waals surface area contributed by atoms with Crippen molar-refractivity contribution in [2.24, 2.45) is 4.99 Å². The molecule has 134 valence electrons. The molecule has 5 nitrogen and oxygen atoms in total. The van der Waals surface area contributed by atoms with Crippen molar-refractivity contribution in [3.8, 4) is 5.75 Å². The van der Waals surface area contributed by atoms with Gasteiger partial charge in [-0.05, 0) is 29.8 Å². The van der Waals surface area contributed by atoms with E-state index in [0.717, 1.165) is 17.7 Å². The predicted octanol–water partition coefficient (Wildman–Crippen LogP) is 4.63. The maximum atomic E-state index is 6.56. The molecular weight excluding hydrogens is 371 g/mol. The predicted molar refractivity (Wildman–Crippen MR) is 104 cm³/mol. The quantitative estimate of drug-likeness (QED) is 0.321. The molecule has 0 saturated heterocycles. The summed E-state index contributed by atoms with van der Waals surface area (Å²) in [5, 5.41) is 4.77. The smallest absolute Gasteiger partial charge is 0.169 e. The summed E-state index contributed by atoms with van der Waals surface area (Å²) in [6, 6.07) is 17.1. The van der Waals surface area contributed by atoms with Gasteiger partial charge in [0.15, 0.2) is 5.50 Å². The molecule has 0 bridgehead atoms. The molecule has 1 atom stereocenters. The number of aromatic nitrogens is 3. The molecule has 3 aromatic rings. The van der Waals surface area contributed by atoms with Crippen molar-refractivity contribution >= 4 is 28.9 Å². The fourth-order valence-corrected chi connectivity index (χ4v) is 2.78. The van der Waals surface area contributed by atoms with Crippen LogP contribution >= 0.6 is 23.2 Å². The summed E-state index contributed by atoms with van der Waals surface area (Å²) < 4.78 is 7.26. The summed E-state index contributed by atoms with van der Waals surface area (Å²) in [5.74, 6) is 0.854. The van der Waals surface area contributed by atoms with Crippen molar-refractivity contribution in [3.05, 3.63) is 77.8 Å². The van der Waals surface area contributed by atoms with E-state index >= 15 is 0 Å². The van der Waals surface area contributed by atoms with E-state index in [0.29, 0.717) is 23.9 Å². The van der Waals surface area contributed by atoms with Crippen LogP contribution in [0.5, 0.6) is 5.75 Å². The number of aliphatic imine (C=N–C) groups is 1. The zero-order valence-corrected chi connectivity index (χ0v) is 15.5. The first-order valence-electron chi connectivity index (χ1n) is 8.20. The first kappa shape index (κ1) is 18.4. The van der Waals surface area contributed by atoms with Crippen LogP contribution in [0.15, 0.2) is 72.2 Å². The number of nitrogens with zero attached hydrogens (tertiary/aromatic N) is 4. The molecule has 0 saturated carbocycles. The maximum Gasteiger partial charge on any atom is 0.169 e. The number of alkyl halides is 1. The molecule has 0 N–H and O–H groups in total. The Balaban J connectivity index is 1.66. The van der Waals surface area contributed by atoms with Crippen LogP contribution < -0.4 is 4.74 Å². The topological polar surface area (TPSA) is 52.3 Å². The number of rotatable bonds is 8. The van der Waals surface area contributed by atoms with Crippen molar-refractivity contribution < 1.29 is 4.74 Å². The minimum Gasteiger partial charge on any atom is -0.494 e. The second-order valence-electron chi connectivity index (χ2n) is 5.50. The van der Waals surface area contributed by atoms with E-state index in [1.54, 1.807) is 11.0 Å². The summed E-state index contributed by atoms with van der Waals surface area (Å²) in [5.41, 5.74) is 1.07. The maximum absolute atomic E-state index is 6.56. The van der Waals surface area contributed by atoms with Gasteiger partial charge in [0.2, 0.25) is 0 Å². The Bertz CT molecular complexity index is 821. The van der Waals surface area contributed by atoms with Gasteiger partial charge < -0.3 is 4.74 Å². The molecule has 1 aromatic heterocycles. The van der Waals surface area contributed by atoms with E-state index in [9.17, 15) is 0 Å². The van der Waals surface area contributed by atoms with Gasteiger partial charge >= 0.3 is 0 Å². The van der Waals surface area contributed by atoms with Gasteiger partial charge in [-0.15, -0.1) is 0 Å². The van der Waals surface area contributed by atoms with Gasteiger partial charge in [0.1, 0.15) is 18.4 Å². The standard InChI is InChI=1S/C19H18Cl2N4O/c20-16-9-7-15(8-10-16)18(19(21)25-14-22-13-24-25)23-11-4-12-26-17-5-2-1-3-6-17/h1-3,5-10,13-14,19H,4,11-12H2. The van der Waals surface area contributed by atoms with E-state index in [1.165, 1.54) is 6.33 Å². The highest BCUT2D eigenvalue weighted by Crippen LogP contribution is 2.20. The highest BCUT2D eigenvalue weighted by Gasteiger charge is 2.17. The minimum atomic E-state index is -0.547. The van der Waals surface area contributed by atoms with Crippen molar-refractivity contribution in [3.63, 3.8) is 0 Å². The van der Waals surface area contributed by atoms with Gasteiger partial charge in [-0.2, -0.15) is 5.10 Å². The van der Waals surface area contributed by atoms with Crippen molar-refractivity contribution in [2.75, 3.05) is 13.2 Å². The van der Waals surface area contributed by atoms with Crippen LogP contribution in [0.4, 0.5) is 0 Å². The van der Waals surface area contributed by atoms with Gasteiger partial charge in [-0.3, -0.25) is 4.99 Å². The van der Waals surface area contributed by atoms with E-state index in [1.807, 2.05) is 54.6 Å². The molecule has 1 heterocycles. The van der Waals surface area contributed by atoms with Crippen LogP contribution in [0, 0.1) is 0 Å². The van der Waals surface area contributed by atoms with Gasteiger partial charge in [0.25, 0.3) is 0 Å². The summed E-state index contributed by atoms with van der Waals surface area (Å²) in [4.78, 5) is 8.63. The summed E-state index contributed by atoms with van der Waals surface area (Å²) >= 11 is 12.5. The number of hydrogen-bond donors (Lipinski definition) is 0. The number of para-hydroxylation sites is 1. The van der Waals surface area contributed by atoms with Gasteiger partial charge in [0, 0.05) is 18.0 Å². The Morgan fingerprint density at radius 2 is 1.88 bits per heavy atom. The number of halogens is 2. The summed E-state index contributed by atoms with van der Waals surface area (Å²) in [7, 11) is 0. The Labute approximate surface area is 162 Å². The second kappa shape index (κ2) is 9.36. The fourth-order valence-electron chi connectivity index (χ4n) is 2.36.